The summed E-state index contributed by atoms with van der Waals surface area (Å²) in [6.07, 6.45) is 2.98. The molecule has 2 aliphatic rings. The van der Waals surface area contributed by atoms with Gasteiger partial charge in [-0.1, -0.05) is 18.2 Å². The van der Waals surface area contributed by atoms with E-state index in [1.807, 2.05) is 12.1 Å². The topological polar surface area (TPSA) is 38.3 Å². The number of hydrogen-bond donors (Lipinski definition) is 1. The molecule has 1 aromatic carbocycles. The van der Waals surface area contributed by atoms with Crippen molar-refractivity contribution in [2.75, 3.05) is 13.2 Å². The number of carbonyl (C=O) groups excluding carboxylic acids is 1. The van der Waals surface area contributed by atoms with E-state index in [0.717, 1.165) is 38.2 Å². The number of benzene rings is 1. The number of hydrogen-bond acceptors (Lipinski definition) is 2. The van der Waals surface area contributed by atoms with Crippen LogP contribution in [0.4, 0.5) is 0 Å². The van der Waals surface area contributed by atoms with E-state index in [4.69, 9.17) is 4.74 Å². The van der Waals surface area contributed by atoms with Crippen molar-refractivity contribution in [3.05, 3.63) is 29.8 Å². The highest BCUT2D eigenvalue weighted by Crippen LogP contribution is 2.38. The Balaban J connectivity index is 1.78. The Morgan fingerprint density at radius 1 is 1.24 bits per heavy atom. The van der Waals surface area contributed by atoms with Crippen molar-refractivity contribution in [1.29, 1.82) is 0 Å². The Kier molecular flexibility index (Phi) is 2.75. The number of fused-ring (bicyclic) bond motifs is 1. The van der Waals surface area contributed by atoms with Crippen LogP contribution < -0.4 is 10.1 Å². The first kappa shape index (κ1) is 10.6. The summed E-state index contributed by atoms with van der Waals surface area (Å²) in [5, 5.41) is 2.91. The molecule has 0 radical (unpaired) electrons. The Morgan fingerprint density at radius 3 is 2.94 bits per heavy atom. The van der Waals surface area contributed by atoms with Crippen molar-refractivity contribution in [3.63, 3.8) is 0 Å². The maximum atomic E-state index is 11.6. The Bertz CT molecular complexity index is 430. The molecule has 3 rings (SSSR count). The van der Waals surface area contributed by atoms with E-state index in [0.29, 0.717) is 5.92 Å². The van der Waals surface area contributed by atoms with E-state index in [1.165, 1.54) is 5.56 Å². The van der Waals surface area contributed by atoms with Crippen molar-refractivity contribution in [2.45, 2.75) is 25.2 Å². The van der Waals surface area contributed by atoms with Crippen LogP contribution in [-0.2, 0) is 4.79 Å². The molecule has 2 atom stereocenters. The highest BCUT2D eigenvalue weighted by Gasteiger charge is 2.30. The number of ether oxygens (including phenoxy) is 1. The fourth-order valence-corrected chi connectivity index (χ4v) is 2.87. The summed E-state index contributed by atoms with van der Waals surface area (Å²) < 4.78 is 5.64. The van der Waals surface area contributed by atoms with E-state index in [1.54, 1.807) is 0 Å². The van der Waals surface area contributed by atoms with Gasteiger partial charge in [-0.2, -0.15) is 0 Å². The van der Waals surface area contributed by atoms with Gasteiger partial charge in [0.05, 0.1) is 6.61 Å². The summed E-state index contributed by atoms with van der Waals surface area (Å²) in [6, 6.07) is 8.21. The first-order valence-electron chi connectivity index (χ1n) is 6.34. The maximum Gasteiger partial charge on any atom is 0.223 e. The molecule has 1 amide bonds. The molecular weight excluding hydrogens is 214 g/mol. The Hall–Kier alpha value is -1.51. The molecule has 0 bridgehead atoms. The third kappa shape index (κ3) is 2.02. The number of rotatable bonds is 2. The van der Waals surface area contributed by atoms with Gasteiger partial charge in [-0.05, 0) is 36.8 Å². The lowest BCUT2D eigenvalue weighted by Crippen LogP contribution is -2.22. The standard InChI is InChI=1S/C14H17NO2/c16-14-11(5-7-15-14)9-10-6-8-17-13-4-2-1-3-12(10)13/h1-4,10-11H,5-9H2,(H,15,16). The highest BCUT2D eigenvalue weighted by atomic mass is 16.5. The molecule has 2 aliphatic heterocycles. The molecule has 1 aromatic rings. The van der Waals surface area contributed by atoms with E-state index in [-0.39, 0.29) is 11.8 Å². The second-order valence-electron chi connectivity index (χ2n) is 4.88. The van der Waals surface area contributed by atoms with Gasteiger partial charge < -0.3 is 10.1 Å². The van der Waals surface area contributed by atoms with Gasteiger partial charge in [-0.15, -0.1) is 0 Å². The summed E-state index contributed by atoms with van der Waals surface area (Å²) in [5.74, 6) is 1.91. The fourth-order valence-electron chi connectivity index (χ4n) is 2.87. The quantitative estimate of drug-likeness (QED) is 0.846. The molecule has 0 saturated carbocycles. The lowest BCUT2D eigenvalue weighted by molar-refractivity contribution is -0.122. The molecule has 17 heavy (non-hydrogen) atoms. The number of nitrogens with one attached hydrogen (secondary N) is 1. The first-order valence-corrected chi connectivity index (χ1v) is 6.34. The molecule has 2 heterocycles. The zero-order valence-electron chi connectivity index (χ0n) is 9.82. The zero-order chi connectivity index (χ0) is 11.7. The maximum absolute atomic E-state index is 11.6. The van der Waals surface area contributed by atoms with E-state index in [2.05, 4.69) is 17.4 Å². The molecule has 1 fully saturated rings. The van der Waals surface area contributed by atoms with Crippen LogP contribution in [0.3, 0.4) is 0 Å². The van der Waals surface area contributed by atoms with Gasteiger partial charge in [0.2, 0.25) is 5.91 Å². The van der Waals surface area contributed by atoms with Gasteiger partial charge in [-0.3, -0.25) is 4.79 Å². The minimum absolute atomic E-state index is 0.200. The van der Waals surface area contributed by atoms with Gasteiger partial charge in [0.1, 0.15) is 5.75 Å². The van der Waals surface area contributed by atoms with Crippen LogP contribution in [0, 0.1) is 5.92 Å². The van der Waals surface area contributed by atoms with Gasteiger partial charge >= 0.3 is 0 Å². The molecule has 3 heteroatoms. The Morgan fingerprint density at radius 2 is 2.12 bits per heavy atom. The predicted octanol–water partition coefficient (Wildman–Crippen LogP) is 2.08. The average molecular weight is 231 g/mol. The van der Waals surface area contributed by atoms with Crippen molar-refractivity contribution in [1.82, 2.24) is 5.32 Å². The summed E-state index contributed by atoms with van der Waals surface area (Å²) >= 11 is 0. The van der Waals surface area contributed by atoms with Gasteiger partial charge in [0, 0.05) is 12.5 Å². The van der Waals surface area contributed by atoms with Crippen LogP contribution in [-0.4, -0.2) is 19.1 Å². The molecule has 2 unspecified atom stereocenters. The molecular formula is C14H17NO2. The second kappa shape index (κ2) is 4.40. The first-order chi connectivity index (χ1) is 8.34. The van der Waals surface area contributed by atoms with Gasteiger partial charge in [0.15, 0.2) is 0 Å². The summed E-state index contributed by atoms with van der Waals surface area (Å²) in [4.78, 5) is 11.6. The van der Waals surface area contributed by atoms with Gasteiger partial charge in [-0.25, -0.2) is 0 Å². The molecule has 3 nitrogen and oxygen atoms in total. The number of amides is 1. The van der Waals surface area contributed by atoms with Crippen LogP contribution in [0.2, 0.25) is 0 Å². The smallest absolute Gasteiger partial charge is 0.223 e. The SMILES string of the molecule is O=C1NCCC1CC1CCOc2ccccc21. The summed E-state index contributed by atoms with van der Waals surface area (Å²) in [5.41, 5.74) is 1.28. The van der Waals surface area contributed by atoms with Crippen molar-refractivity contribution in [3.8, 4) is 5.75 Å². The predicted molar refractivity (Wildman–Crippen MR) is 65.0 cm³/mol. The van der Waals surface area contributed by atoms with Crippen LogP contribution in [0.1, 0.15) is 30.7 Å². The summed E-state index contributed by atoms with van der Waals surface area (Å²) in [6.45, 7) is 1.62. The third-order valence-corrected chi connectivity index (χ3v) is 3.81. The normalized spacial score (nSPS) is 27.2. The second-order valence-corrected chi connectivity index (χ2v) is 4.88. The van der Waals surface area contributed by atoms with E-state index >= 15 is 0 Å². The minimum atomic E-state index is 0.200. The summed E-state index contributed by atoms with van der Waals surface area (Å²) in [7, 11) is 0. The van der Waals surface area contributed by atoms with Crippen LogP contribution in [0.5, 0.6) is 5.75 Å². The molecule has 0 aliphatic carbocycles. The van der Waals surface area contributed by atoms with Crippen LogP contribution in [0.25, 0.3) is 0 Å². The monoisotopic (exact) mass is 231 g/mol. The minimum Gasteiger partial charge on any atom is -0.493 e. The molecule has 1 saturated heterocycles. The van der Waals surface area contributed by atoms with Crippen LogP contribution in [0.15, 0.2) is 24.3 Å². The fraction of sp³-hybridized carbons (Fsp3) is 0.500. The highest BCUT2D eigenvalue weighted by molar-refractivity contribution is 5.80. The van der Waals surface area contributed by atoms with E-state index < -0.39 is 0 Å². The van der Waals surface area contributed by atoms with Crippen molar-refractivity contribution < 1.29 is 9.53 Å². The number of para-hydroxylation sites is 1. The third-order valence-electron chi connectivity index (χ3n) is 3.81. The molecule has 0 aromatic heterocycles. The van der Waals surface area contributed by atoms with Gasteiger partial charge in [0.25, 0.3) is 0 Å². The van der Waals surface area contributed by atoms with Crippen molar-refractivity contribution >= 4 is 5.91 Å². The molecule has 90 valence electrons. The largest absolute Gasteiger partial charge is 0.493 e. The Labute approximate surface area is 101 Å². The lowest BCUT2D eigenvalue weighted by Gasteiger charge is -2.27. The van der Waals surface area contributed by atoms with E-state index in [9.17, 15) is 4.79 Å². The molecule has 1 N–H and O–H groups in total. The number of carbonyl (C=O) groups is 1. The van der Waals surface area contributed by atoms with Crippen molar-refractivity contribution in [2.24, 2.45) is 5.92 Å². The van der Waals surface area contributed by atoms with Crippen LogP contribution >= 0.6 is 0 Å². The zero-order valence-corrected chi connectivity index (χ0v) is 9.82. The molecule has 0 spiro atoms. The lowest BCUT2D eigenvalue weighted by atomic mass is 9.84. The average Bonchev–Trinajstić information content (AvgIpc) is 2.76.